The monoisotopic (exact) mass is 357 g/mol. The predicted molar refractivity (Wildman–Crippen MR) is 101 cm³/mol. The molecule has 1 aromatic carbocycles. The number of amides is 3. The number of rotatable bonds is 6. The Morgan fingerprint density at radius 1 is 1.31 bits per heavy atom. The van der Waals surface area contributed by atoms with Crippen LogP contribution in [0.5, 0.6) is 0 Å². The number of hydrogen-bond acceptors (Lipinski definition) is 3. The molecule has 26 heavy (non-hydrogen) atoms. The van der Waals surface area contributed by atoms with Gasteiger partial charge in [0.25, 0.3) is 0 Å². The van der Waals surface area contributed by atoms with E-state index in [9.17, 15) is 14.7 Å². The highest BCUT2D eigenvalue weighted by Gasteiger charge is 2.35. The van der Waals surface area contributed by atoms with E-state index in [2.05, 4.69) is 11.9 Å². The van der Waals surface area contributed by atoms with E-state index in [1.807, 2.05) is 35.2 Å². The van der Waals surface area contributed by atoms with Crippen molar-refractivity contribution in [2.75, 3.05) is 37.7 Å². The first kappa shape index (κ1) is 18.5. The molecular formula is C20H27N3O3. The smallest absolute Gasteiger partial charge is 0.321 e. The van der Waals surface area contributed by atoms with Gasteiger partial charge in [0.15, 0.2) is 0 Å². The van der Waals surface area contributed by atoms with E-state index in [1.54, 1.807) is 4.90 Å². The number of urea groups is 1. The molecule has 2 aliphatic rings. The highest BCUT2D eigenvalue weighted by atomic mass is 16.3. The number of carbonyl (C=O) groups excluding carboxylic acids is 2. The van der Waals surface area contributed by atoms with Crippen LogP contribution >= 0.6 is 0 Å². The van der Waals surface area contributed by atoms with Gasteiger partial charge in [0.1, 0.15) is 0 Å². The Bertz CT molecular complexity index is 673. The molecule has 2 N–H and O–H groups in total. The quantitative estimate of drug-likeness (QED) is 0.764. The Labute approximate surface area is 154 Å². The molecule has 0 aliphatic carbocycles. The molecule has 0 aromatic heterocycles. The lowest BCUT2D eigenvalue weighted by molar-refractivity contribution is -0.134. The fourth-order valence-corrected chi connectivity index (χ4v) is 3.89. The van der Waals surface area contributed by atoms with Gasteiger partial charge in [-0.1, -0.05) is 18.2 Å². The van der Waals surface area contributed by atoms with Crippen LogP contribution in [0.4, 0.5) is 10.5 Å². The summed E-state index contributed by atoms with van der Waals surface area (Å²) in [7, 11) is 0. The Morgan fingerprint density at radius 3 is 2.69 bits per heavy atom. The van der Waals surface area contributed by atoms with Gasteiger partial charge < -0.3 is 15.3 Å². The van der Waals surface area contributed by atoms with Crippen LogP contribution in [-0.2, 0) is 11.2 Å². The second-order valence-corrected chi connectivity index (χ2v) is 7.30. The van der Waals surface area contributed by atoms with Crippen LogP contribution in [0.25, 0.3) is 0 Å². The van der Waals surface area contributed by atoms with Crippen molar-refractivity contribution in [2.24, 2.45) is 5.41 Å². The zero-order valence-corrected chi connectivity index (χ0v) is 15.1. The molecule has 2 heterocycles. The summed E-state index contributed by atoms with van der Waals surface area (Å²) in [6.45, 7) is 6.51. The van der Waals surface area contributed by atoms with Gasteiger partial charge in [-0.25, -0.2) is 4.79 Å². The minimum absolute atomic E-state index is 0.0788. The van der Waals surface area contributed by atoms with E-state index in [0.717, 1.165) is 37.1 Å². The van der Waals surface area contributed by atoms with Gasteiger partial charge in [0, 0.05) is 37.3 Å². The average molecular weight is 357 g/mol. The minimum atomic E-state index is -0.247. The van der Waals surface area contributed by atoms with E-state index in [1.165, 1.54) is 0 Å². The van der Waals surface area contributed by atoms with Crippen molar-refractivity contribution in [1.29, 1.82) is 0 Å². The lowest BCUT2D eigenvalue weighted by Crippen LogP contribution is -2.48. The number of anilines is 1. The molecule has 6 heteroatoms. The number of allylic oxidation sites excluding steroid dienone is 1. The fourth-order valence-electron chi connectivity index (χ4n) is 3.89. The fraction of sp³-hybridized carbons (Fsp3) is 0.500. The molecule has 140 valence electrons. The Balaban J connectivity index is 1.62. The third kappa shape index (κ3) is 3.90. The van der Waals surface area contributed by atoms with Crippen LogP contribution < -0.4 is 10.2 Å². The standard InChI is InChI=1S/C20H27N3O3/c1-2-8-20(15-24)9-3-11-22(14-20)18(25)13-16-4-6-17(7-5-16)23-12-10-21-19(23)26/h2,4-7,24H,1,3,8-15H2,(H,21,26). The number of piperidine rings is 1. The summed E-state index contributed by atoms with van der Waals surface area (Å²) in [4.78, 5) is 28.0. The summed E-state index contributed by atoms with van der Waals surface area (Å²) in [5, 5.41) is 12.6. The molecule has 1 aromatic rings. The molecule has 3 rings (SSSR count). The SMILES string of the molecule is C=CCC1(CO)CCCN(C(=O)Cc2ccc(N3CCNC3=O)cc2)C1. The van der Waals surface area contributed by atoms with Gasteiger partial charge in [-0.05, 0) is 37.0 Å². The maximum Gasteiger partial charge on any atom is 0.321 e. The first-order chi connectivity index (χ1) is 12.6. The van der Waals surface area contributed by atoms with E-state index < -0.39 is 0 Å². The average Bonchev–Trinajstić information content (AvgIpc) is 3.09. The van der Waals surface area contributed by atoms with E-state index in [4.69, 9.17) is 0 Å². The third-order valence-electron chi connectivity index (χ3n) is 5.39. The number of aliphatic hydroxyl groups is 1. The lowest BCUT2D eigenvalue weighted by Gasteiger charge is -2.41. The van der Waals surface area contributed by atoms with Gasteiger partial charge in [0.2, 0.25) is 5.91 Å². The topological polar surface area (TPSA) is 72.9 Å². The van der Waals surface area contributed by atoms with Crippen molar-refractivity contribution in [1.82, 2.24) is 10.2 Å². The summed E-state index contributed by atoms with van der Waals surface area (Å²) in [5.41, 5.74) is 1.53. The van der Waals surface area contributed by atoms with E-state index in [0.29, 0.717) is 26.1 Å². The largest absolute Gasteiger partial charge is 0.396 e. The van der Waals surface area contributed by atoms with Gasteiger partial charge >= 0.3 is 6.03 Å². The molecule has 6 nitrogen and oxygen atoms in total. The second-order valence-electron chi connectivity index (χ2n) is 7.30. The number of likely N-dealkylation sites (tertiary alicyclic amines) is 1. The number of nitrogens with one attached hydrogen (secondary N) is 1. The number of hydrogen-bond donors (Lipinski definition) is 2. The number of benzene rings is 1. The van der Waals surface area contributed by atoms with Gasteiger partial charge in [-0.3, -0.25) is 9.69 Å². The first-order valence-electron chi connectivity index (χ1n) is 9.21. The summed E-state index contributed by atoms with van der Waals surface area (Å²) in [6.07, 6.45) is 4.72. The third-order valence-corrected chi connectivity index (χ3v) is 5.39. The van der Waals surface area contributed by atoms with Crippen molar-refractivity contribution >= 4 is 17.6 Å². The maximum absolute atomic E-state index is 12.7. The molecule has 0 spiro atoms. The van der Waals surface area contributed by atoms with Crippen molar-refractivity contribution in [2.45, 2.75) is 25.7 Å². The van der Waals surface area contributed by atoms with Crippen LogP contribution in [0.3, 0.4) is 0 Å². The predicted octanol–water partition coefficient (Wildman–Crippen LogP) is 1.94. The van der Waals surface area contributed by atoms with Gasteiger partial charge in [-0.15, -0.1) is 6.58 Å². The molecule has 2 saturated heterocycles. The molecule has 0 saturated carbocycles. The molecule has 2 aliphatic heterocycles. The van der Waals surface area contributed by atoms with Crippen molar-refractivity contribution in [3.8, 4) is 0 Å². The van der Waals surface area contributed by atoms with Crippen LogP contribution in [0, 0.1) is 5.41 Å². The second kappa shape index (κ2) is 7.91. The van der Waals surface area contributed by atoms with E-state index in [-0.39, 0.29) is 24.0 Å². The Morgan fingerprint density at radius 2 is 2.08 bits per heavy atom. The maximum atomic E-state index is 12.7. The molecule has 0 bridgehead atoms. The highest BCUT2D eigenvalue weighted by Crippen LogP contribution is 2.33. The first-order valence-corrected chi connectivity index (χ1v) is 9.21. The van der Waals surface area contributed by atoms with Crippen LogP contribution in [0.1, 0.15) is 24.8 Å². The van der Waals surface area contributed by atoms with Crippen LogP contribution in [0.15, 0.2) is 36.9 Å². The van der Waals surface area contributed by atoms with Crippen LogP contribution in [0.2, 0.25) is 0 Å². The number of aliphatic hydroxyl groups excluding tert-OH is 1. The van der Waals surface area contributed by atoms with Gasteiger partial charge in [0.05, 0.1) is 13.0 Å². The summed E-state index contributed by atoms with van der Waals surface area (Å²) < 4.78 is 0. The summed E-state index contributed by atoms with van der Waals surface area (Å²) in [6, 6.07) is 7.51. The number of nitrogens with zero attached hydrogens (tertiary/aromatic N) is 2. The summed E-state index contributed by atoms with van der Waals surface area (Å²) in [5.74, 6) is 0.0817. The van der Waals surface area contributed by atoms with Crippen molar-refractivity contribution in [3.05, 3.63) is 42.5 Å². The lowest BCUT2D eigenvalue weighted by atomic mass is 9.77. The zero-order valence-electron chi connectivity index (χ0n) is 15.1. The zero-order chi connectivity index (χ0) is 18.6. The Hall–Kier alpha value is -2.34. The normalized spacial score (nSPS) is 23.0. The number of carbonyl (C=O) groups is 2. The molecule has 3 amide bonds. The summed E-state index contributed by atoms with van der Waals surface area (Å²) >= 11 is 0. The highest BCUT2D eigenvalue weighted by molar-refractivity contribution is 5.94. The molecule has 1 atom stereocenters. The minimum Gasteiger partial charge on any atom is -0.396 e. The molecular weight excluding hydrogens is 330 g/mol. The van der Waals surface area contributed by atoms with Crippen molar-refractivity contribution < 1.29 is 14.7 Å². The molecule has 2 fully saturated rings. The molecule has 1 unspecified atom stereocenters. The van der Waals surface area contributed by atoms with Crippen LogP contribution in [-0.4, -0.2) is 54.7 Å². The molecule has 0 radical (unpaired) electrons. The van der Waals surface area contributed by atoms with E-state index >= 15 is 0 Å². The Kier molecular flexibility index (Phi) is 5.61. The van der Waals surface area contributed by atoms with Gasteiger partial charge in [-0.2, -0.15) is 0 Å². The van der Waals surface area contributed by atoms with Crippen molar-refractivity contribution in [3.63, 3.8) is 0 Å².